The van der Waals surface area contributed by atoms with E-state index in [1.807, 2.05) is 0 Å². The highest BCUT2D eigenvalue weighted by molar-refractivity contribution is 7.91. The number of carbonyl (C=O) groups excluding carboxylic acids is 1. The molecule has 0 unspecified atom stereocenters. The number of amides is 1. The van der Waals surface area contributed by atoms with Crippen LogP contribution in [-0.4, -0.2) is 33.7 Å². The largest absolute Gasteiger partial charge is 0.450 e. The van der Waals surface area contributed by atoms with Crippen LogP contribution in [0.2, 0.25) is 0 Å². The fourth-order valence-electron chi connectivity index (χ4n) is 1.99. The molecule has 9 heteroatoms. The summed E-state index contributed by atoms with van der Waals surface area (Å²) in [7, 11) is -2.15. The molecule has 0 atom stereocenters. The number of hydrogen-bond donors (Lipinski definition) is 4. The Bertz CT molecular complexity index is 753. The van der Waals surface area contributed by atoms with Gasteiger partial charge >= 0.3 is 6.09 Å². The first kappa shape index (κ1) is 21.3. The lowest BCUT2D eigenvalue weighted by molar-refractivity contribution is 0.168. The average molecular weight is 388 g/mol. The number of carbonyl (C=O) groups is 1. The van der Waals surface area contributed by atoms with Crippen molar-refractivity contribution in [3.05, 3.63) is 30.0 Å². The van der Waals surface area contributed by atoms with Gasteiger partial charge in [0.1, 0.15) is 0 Å². The molecule has 0 aliphatic heterocycles. The Morgan fingerprint density at radius 3 is 2.48 bits per heavy atom. The standard InChI is InChI=1S/C16H25N3O4S2/c1-6-23-15(20)18-11-7-8-12(13(24)10-17-5)14(9-11)25(21,22)19-16(2,3)4/h7-10,17,19,24H,6H2,1-5H3,(H,18,20)/b13-10-. The smallest absolute Gasteiger partial charge is 0.411 e. The Balaban J connectivity index is 3.42. The summed E-state index contributed by atoms with van der Waals surface area (Å²) in [4.78, 5) is 12.0. The van der Waals surface area contributed by atoms with Crippen molar-refractivity contribution in [1.82, 2.24) is 10.0 Å². The quantitative estimate of drug-likeness (QED) is 0.563. The molecule has 0 bridgehead atoms. The third-order valence-corrected chi connectivity index (χ3v) is 4.96. The minimum Gasteiger partial charge on any atom is -0.450 e. The fourth-order valence-corrected chi connectivity index (χ4v) is 4.06. The second-order valence-corrected chi connectivity index (χ2v) is 8.36. The van der Waals surface area contributed by atoms with Gasteiger partial charge in [-0.1, -0.05) is 6.07 Å². The van der Waals surface area contributed by atoms with E-state index >= 15 is 0 Å². The normalized spacial score (nSPS) is 12.6. The summed E-state index contributed by atoms with van der Waals surface area (Å²) in [6.45, 7) is 7.13. The molecule has 0 spiro atoms. The van der Waals surface area contributed by atoms with Gasteiger partial charge in [-0.05, 0) is 39.8 Å². The summed E-state index contributed by atoms with van der Waals surface area (Å²) in [5, 5.41) is 5.32. The lowest BCUT2D eigenvalue weighted by atomic mass is 10.1. The van der Waals surface area contributed by atoms with Crippen molar-refractivity contribution in [3.8, 4) is 0 Å². The zero-order valence-corrected chi connectivity index (χ0v) is 16.7. The molecule has 0 saturated heterocycles. The van der Waals surface area contributed by atoms with Crippen molar-refractivity contribution in [1.29, 1.82) is 0 Å². The maximum absolute atomic E-state index is 12.8. The summed E-state index contributed by atoms with van der Waals surface area (Å²) in [5.74, 6) is 0. The van der Waals surface area contributed by atoms with Crippen molar-refractivity contribution >= 4 is 39.3 Å². The molecule has 7 nitrogen and oxygen atoms in total. The molecule has 0 aliphatic carbocycles. The molecule has 1 aromatic carbocycles. The van der Waals surface area contributed by atoms with Gasteiger partial charge in [0, 0.05) is 34.9 Å². The van der Waals surface area contributed by atoms with Crippen molar-refractivity contribution in [2.24, 2.45) is 0 Å². The highest BCUT2D eigenvalue weighted by Crippen LogP contribution is 2.29. The fraction of sp³-hybridized carbons (Fsp3) is 0.438. The Kier molecular flexibility index (Phi) is 7.33. The predicted molar refractivity (Wildman–Crippen MR) is 103 cm³/mol. The zero-order chi connectivity index (χ0) is 19.3. The van der Waals surface area contributed by atoms with E-state index in [9.17, 15) is 13.2 Å². The van der Waals surface area contributed by atoms with Crippen LogP contribution in [0.5, 0.6) is 0 Å². The number of anilines is 1. The number of hydrogen-bond acceptors (Lipinski definition) is 6. The van der Waals surface area contributed by atoms with E-state index in [4.69, 9.17) is 4.74 Å². The Hall–Kier alpha value is -1.71. The number of benzene rings is 1. The number of thiol groups is 1. The molecule has 1 aromatic rings. The molecule has 140 valence electrons. The summed E-state index contributed by atoms with van der Waals surface area (Å²) in [5.41, 5.74) is 0.0513. The lowest BCUT2D eigenvalue weighted by Crippen LogP contribution is -2.40. The van der Waals surface area contributed by atoms with E-state index in [2.05, 4.69) is 28.0 Å². The molecule has 0 radical (unpaired) electrons. The topological polar surface area (TPSA) is 96.5 Å². The number of sulfonamides is 1. The summed E-state index contributed by atoms with van der Waals surface area (Å²) in [6, 6.07) is 4.54. The molecular formula is C16H25N3O4S2. The molecule has 0 aromatic heterocycles. The van der Waals surface area contributed by atoms with Crippen LogP contribution in [0.15, 0.2) is 29.3 Å². The van der Waals surface area contributed by atoms with Crippen LogP contribution >= 0.6 is 12.6 Å². The molecular weight excluding hydrogens is 362 g/mol. The van der Waals surface area contributed by atoms with Crippen molar-refractivity contribution in [3.63, 3.8) is 0 Å². The van der Waals surface area contributed by atoms with Crippen LogP contribution in [-0.2, 0) is 14.8 Å². The SMILES string of the molecule is CCOC(=O)Nc1ccc(/C(S)=C/NC)c(S(=O)(=O)NC(C)(C)C)c1. The first-order chi connectivity index (χ1) is 11.5. The zero-order valence-electron chi connectivity index (χ0n) is 15.0. The minimum atomic E-state index is -3.84. The summed E-state index contributed by atoms with van der Waals surface area (Å²) >= 11 is 4.34. The lowest BCUT2D eigenvalue weighted by Gasteiger charge is -2.22. The van der Waals surface area contributed by atoms with E-state index in [1.54, 1.807) is 53.1 Å². The third kappa shape index (κ3) is 6.60. The second-order valence-electron chi connectivity index (χ2n) is 6.23. The average Bonchev–Trinajstić information content (AvgIpc) is 2.45. The van der Waals surface area contributed by atoms with E-state index < -0.39 is 21.7 Å². The van der Waals surface area contributed by atoms with Gasteiger partial charge < -0.3 is 10.1 Å². The molecule has 0 saturated carbocycles. The van der Waals surface area contributed by atoms with Gasteiger partial charge in [-0.2, -0.15) is 0 Å². The van der Waals surface area contributed by atoms with Crippen LogP contribution < -0.4 is 15.4 Å². The minimum absolute atomic E-state index is 0.00761. The number of ether oxygens (including phenoxy) is 1. The number of rotatable bonds is 6. The Labute approximate surface area is 154 Å². The highest BCUT2D eigenvalue weighted by atomic mass is 32.2. The van der Waals surface area contributed by atoms with Crippen LogP contribution in [0.4, 0.5) is 10.5 Å². The van der Waals surface area contributed by atoms with Crippen molar-refractivity contribution < 1.29 is 17.9 Å². The molecule has 1 amide bonds. The van der Waals surface area contributed by atoms with Crippen LogP contribution in [0.3, 0.4) is 0 Å². The maximum Gasteiger partial charge on any atom is 0.411 e. The number of nitrogens with one attached hydrogen (secondary N) is 3. The van der Waals surface area contributed by atoms with Crippen LogP contribution in [0.25, 0.3) is 4.91 Å². The third-order valence-electron chi connectivity index (χ3n) is 2.79. The highest BCUT2D eigenvalue weighted by Gasteiger charge is 2.26. The van der Waals surface area contributed by atoms with Gasteiger partial charge in [0.2, 0.25) is 10.0 Å². The van der Waals surface area contributed by atoms with Gasteiger partial charge in [-0.3, -0.25) is 5.32 Å². The van der Waals surface area contributed by atoms with Gasteiger partial charge in [0.05, 0.1) is 11.5 Å². The predicted octanol–water partition coefficient (Wildman–Crippen LogP) is 2.78. The van der Waals surface area contributed by atoms with Crippen molar-refractivity contribution in [2.45, 2.75) is 38.1 Å². The molecule has 0 aliphatic rings. The molecule has 0 heterocycles. The molecule has 1 rings (SSSR count). The maximum atomic E-state index is 12.8. The molecule has 3 N–H and O–H groups in total. The van der Waals surface area contributed by atoms with Crippen LogP contribution in [0.1, 0.15) is 33.3 Å². The van der Waals surface area contributed by atoms with Crippen LogP contribution in [0, 0.1) is 0 Å². The van der Waals surface area contributed by atoms with E-state index in [0.717, 1.165) is 0 Å². The van der Waals surface area contributed by atoms with Gasteiger partial charge in [-0.15, -0.1) is 12.6 Å². The first-order valence-electron chi connectivity index (χ1n) is 7.68. The second kappa shape index (κ2) is 8.59. The van der Waals surface area contributed by atoms with E-state index in [-0.39, 0.29) is 11.5 Å². The van der Waals surface area contributed by atoms with E-state index in [0.29, 0.717) is 16.2 Å². The summed E-state index contributed by atoms with van der Waals surface area (Å²) in [6.07, 6.45) is 0.923. The molecule has 25 heavy (non-hydrogen) atoms. The molecule has 0 fully saturated rings. The first-order valence-corrected chi connectivity index (χ1v) is 9.61. The monoisotopic (exact) mass is 387 g/mol. The van der Waals surface area contributed by atoms with Crippen molar-refractivity contribution in [2.75, 3.05) is 19.0 Å². The van der Waals surface area contributed by atoms with Gasteiger partial charge in [-0.25, -0.2) is 17.9 Å². The Morgan fingerprint density at radius 1 is 1.32 bits per heavy atom. The van der Waals surface area contributed by atoms with E-state index in [1.165, 1.54) is 6.07 Å². The Morgan fingerprint density at radius 2 is 1.96 bits per heavy atom. The van der Waals surface area contributed by atoms with Gasteiger partial charge in [0.15, 0.2) is 0 Å². The van der Waals surface area contributed by atoms with Gasteiger partial charge in [0.25, 0.3) is 0 Å². The summed E-state index contributed by atoms with van der Waals surface area (Å²) < 4.78 is 33.0.